The number of halogens is 2. The van der Waals surface area contributed by atoms with E-state index in [2.05, 4.69) is 0 Å². The number of hydrogen-bond donors (Lipinski definition) is 0. The minimum atomic E-state index is -0.981. The molecule has 20 heavy (non-hydrogen) atoms. The number of carbonyl (C=O) groups excluding carboxylic acids is 1. The third kappa shape index (κ3) is 2.20. The fourth-order valence-corrected chi connectivity index (χ4v) is 3.13. The van der Waals surface area contributed by atoms with E-state index in [1.54, 1.807) is 0 Å². The van der Waals surface area contributed by atoms with Crippen LogP contribution in [0, 0.1) is 28.9 Å². The van der Waals surface area contributed by atoms with E-state index in [0.717, 1.165) is 25.0 Å². The summed E-state index contributed by atoms with van der Waals surface area (Å²) in [5.74, 6) is -2.46. The third-order valence-corrected chi connectivity index (χ3v) is 4.10. The summed E-state index contributed by atoms with van der Waals surface area (Å²) in [6.07, 6.45) is 3.30. The van der Waals surface area contributed by atoms with Gasteiger partial charge in [-0.2, -0.15) is 5.26 Å². The van der Waals surface area contributed by atoms with Gasteiger partial charge in [0.25, 0.3) is 0 Å². The van der Waals surface area contributed by atoms with Gasteiger partial charge in [-0.05, 0) is 37.8 Å². The Morgan fingerprint density at radius 3 is 2.25 bits per heavy atom. The summed E-state index contributed by atoms with van der Waals surface area (Å²) in [5, 5.41) is 8.62. The summed E-state index contributed by atoms with van der Waals surface area (Å²) in [5.41, 5.74) is -0.640. The highest BCUT2D eigenvalue weighted by atomic mass is 19.1. The SMILES string of the molecule is N#Cc1c(F)cc(C(=O)C2CC3CCC(C2)O3)cc1F. The lowest BCUT2D eigenvalue weighted by molar-refractivity contribution is -0.0149. The third-order valence-electron chi connectivity index (χ3n) is 4.10. The highest BCUT2D eigenvalue weighted by Crippen LogP contribution is 2.37. The topological polar surface area (TPSA) is 50.1 Å². The fourth-order valence-electron chi connectivity index (χ4n) is 3.13. The first-order chi connectivity index (χ1) is 9.58. The highest BCUT2D eigenvalue weighted by molar-refractivity contribution is 5.98. The highest BCUT2D eigenvalue weighted by Gasteiger charge is 2.38. The van der Waals surface area contributed by atoms with Crippen LogP contribution in [0.4, 0.5) is 8.78 Å². The maximum Gasteiger partial charge on any atom is 0.166 e. The van der Waals surface area contributed by atoms with Gasteiger partial charge in [0.05, 0.1) is 12.2 Å². The number of nitriles is 1. The van der Waals surface area contributed by atoms with Crippen LogP contribution < -0.4 is 0 Å². The Kier molecular flexibility index (Phi) is 3.27. The summed E-state index contributed by atoms with van der Waals surface area (Å²) >= 11 is 0. The van der Waals surface area contributed by atoms with Crippen molar-refractivity contribution in [1.82, 2.24) is 0 Å². The predicted molar refractivity (Wildman–Crippen MR) is 66.0 cm³/mol. The maximum absolute atomic E-state index is 13.6. The molecule has 2 heterocycles. The zero-order valence-corrected chi connectivity index (χ0v) is 10.7. The Hall–Kier alpha value is -1.80. The molecule has 0 aliphatic carbocycles. The monoisotopic (exact) mass is 277 g/mol. The molecular weight excluding hydrogens is 264 g/mol. The molecule has 0 N–H and O–H groups in total. The van der Waals surface area contributed by atoms with Crippen LogP contribution >= 0.6 is 0 Å². The molecule has 1 aromatic rings. The average Bonchev–Trinajstić information content (AvgIpc) is 2.76. The Morgan fingerprint density at radius 1 is 1.20 bits per heavy atom. The molecule has 0 radical (unpaired) electrons. The number of ketones is 1. The molecule has 2 atom stereocenters. The molecule has 104 valence electrons. The van der Waals surface area contributed by atoms with Gasteiger partial charge in [-0.3, -0.25) is 4.79 Å². The first kappa shape index (κ1) is 13.2. The normalized spacial score (nSPS) is 28.1. The summed E-state index contributed by atoms with van der Waals surface area (Å²) < 4.78 is 32.8. The van der Waals surface area contributed by atoms with Crippen LogP contribution in [0.15, 0.2) is 12.1 Å². The van der Waals surface area contributed by atoms with Crippen molar-refractivity contribution in [3.63, 3.8) is 0 Å². The van der Waals surface area contributed by atoms with Crippen molar-refractivity contribution in [2.45, 2.75) is 37.9 Å². The number of hydrogen-bond acceptors (Lipinski definition) is 3. The second-order valence-electron chi connectivity index (χ2n) is 5.42. The lowest BCUT2D eigenvalue weighted by Crippen LogP contribution is -2.30. The molecule has 5 heteroatoms. The molecule has 0 spiro atoms. The van der Waals surface area contributed by atoms with Crippen molar-refractivity contribution >= 4 is 5.78 Å². The van der Waals surface area contributed by atoms with Crippen molar-refractivity contribution in [2.24, 2.45) is 5.92 Å². The van der Waals surface area contributed by atoms with Crippen LogP contribution in [0.5, 0.6) is 0 Å². The Labute approximate surface area is 115 Å². The lowest BCUT2D eigenvalue weighted by Gasteiger charge is -2.27. The molecule has 3 nitrogen and oxygen atoms in total. The van der Waals surface area contributed by atoms with Gasteiger partial charge in [-0.15, -0.1) is 0 Å². The van der Waals surface area contributed by atoms with E-state index in [4.69, 9.17) is 10.00 Å². The Morgan fingerprint density at radius 2 is 1.75 bits per heavy atom. The number of fused-ring (bicyclic) bond motifs is 2. The number of ether oxygens (including phenoxy) is 1. The Balaban J connectivity index is 1.86. The van der Waals surface area contributed by atoms with Crippen LogP contribution in [0.2, 0.25) is 0 Å². The van der Waals surface area contributed by atoms with Crippen LogP contribution in [0.25, 0.3) is 0 Å². The van der Waals surface area contributed by atoms with Crippen LogP contribution in [0.1, 0.15) is 41.6 Å². The van der Waals surface area contributed by atoms with Crippen LogP contribution in [-0.4, -0.2) is 18.0 Å². The molecular formula is C15H13F2NO2. The molecule has 1 aromatic carbocycles. The number of nitrogens with zero attached hydrogens (tertiary/aromatic N) is 1. The minimum absolute atomic E-state index is 0.00491. The average molecular weight is 277 g/mol. The first-order valence-electron chi connectivity index (χ1n) is 6.67. The van der Waals surface area contributed by atoms with E-state index < -0.39 is 17.2 Å². The van der Waals surface area contributed by atoms with Crippen molar-refractivity contribution in [3.05, 3.63) is 34.9 Å². The largest absolute Gasteiger partial charge is 0.375 e. The van der Waals surface area contributed by atoms with E-state index >= 15 is 0 Å². The molecule has 0 aromatic heterocycles. The second-order valence-corrected chi connectivity index (χ2v) is 5.42. The predicted octanol–water partition coefficient (Wildman–Crippen LogP) is 2.98. The van der Waals surface area contributed by atoms with Gasteiger partial charge >= 0.3 is 0 Å². The number of rotatable bonds is 2. The fraction of sp³-hybridized carbons (Fsp3) is 0.467. The number of benzene rings is 1. The second kappa shape index (κ2) is 4.95. The van der Waals surface area contributed by atoms with Crippen LogP contribution in [-0.2, 0) is 4.74 Å². The van der Waals surface area contributed by atoms with Crippen molar-refractivity contribution in [1.29, 1.82) is 5.26 Å². The van der Waals surface area contributed by atoms with Gasteiger partial charge in [0.2, 0.25) is 0 Å². The molecule has 2 saturated heterocycles. The molecule has 2 aliphatic heterocycles. The van der Waals surface area contributed by atoms with Crippen LogP contribution in [0.3, 0.4) is 0 Å². The lowest BCUT2D eigenvalue weighted by atomic mass is 9.87. The molecule has 0 saturated carbocycles. The summed E-state index contributed by atoms with van der Waals surface area (Å²) in [4.78, 5) is 12.4. The quantitative estimate of drug-likeness (QED) is 0.781. The molecule has 2 aliphatic rings. The summed E-state index contributed by atoms with van der Waals surface area (Å²) in [6.45, 7) is 0. The van der Waals surface area contributed by atoms with Gasteiger partial charge in [0.15, 0.2) is 5.78 Å². The van der Waals surface area contributed by atoms with Gasteiger partial charge < -0.3 is 4.74 Å². The molecule has 2 bridgehead atoms. The number of carbonyl (C=O) groups is 1. The van der Waals surface area contributed by atoms with E-state index in [1.807, 2.05) is 0 Å². The van der Waals surface area contributed by atoms with Crippen molar-refractivity contribution < 1.29 is 18.3 Å². The molecule has 2 unspecified atom stereocenters. The van der Waals surface area contributed by atoms with Gasteiger partial charge in [-0.25, -0.2) is 8.78 Å². The van der Waals surface area contributed by atoms with E-state index in [1.165, 1.54) is 6.07 Å². The smallest absolute Gasteiger partial charge is 0.166 e. The van der Waals surface area contributed by atoms with Gasteiger partial charge in [0, 0.05) is 11.5 Å². The zero-order valence-electron chi connectivity index (χ0n) is 10.7. The first-order valence-corrected chi connectivity index (χ1v) is 6.67. The standard InChI is InChI=1S/C15H13F2NO2/c16-13-5-9(6-14(17)12(13)7-18)15(19)8-3-10-1-2-11(4-8)20-10/h5-6,8,10-11H,1-4H2. The summed E-state index contributed by atoms with van der Waals surface area (Å²) in [6, 6.07) is 3.37. The van der Waals surface area contributed by atoms with Gasteiger partial charge in [-0.1, -0.05) is 0 Å². The van der Waals surface area contributed by atoms with Gasteiger partial charge in [0.1, 0.15) is 23.3 Å². The minimum Gasteiger partial charge on any atom is -0.375 e. The maximum atomic E-state index is 13.6. The summed E-state index contributed by atoms with van der Waals surface area (Å²) in [7, 11) is 0. The number of Topliss-reactive ketones (excluding diaryl/α,β-unsaturated/α-hetero) is 1. The van der Waals surface area contributed by atoms with Crippen molar-refractivity contribution in [2.75, 3.05) is 0 Å². The van der Waals surface area contributed by atoms with E-state index in [9.17, 15) is 13.6 Å². The molecule has 2 fully saturated rings. The van der Waals surface area contributed by atoms with Crippen molar-refractivity contribution in [3.8, 4) is 6.07 Å². The molecule has 0 amide bonds. The van der Waals surface area contributed by atoms with E-state index in [-0.39, 0.29) is 29.5 Å². The molecule has 3 rings (SSSR count). The van der Waals surface area contributed by atoms with E-state index in [0.29, 0.717) is 12.8 Å². The zero-order chi connectivity index (χ0) is 14.3. The Bertz CT molecular complexity index is 573.